The van der Waals surface area contributed by atoms with E-state index in [2.05, 4.69) is 39.9 Å². The van der Waals surface area contributed by atoms with E-state index in [1.54, 1.807) is 7.11 Å². The van der Waals surface area contributed by atoms with Crippen molar-refractivity contribution in [2.24, 2.45) is 17.1 Å². The van der Waals surface area contributed by atoms with Gasteiger partial charge in [0, 0.05) is 19.7 Å². The van der Waals surface area contributed by atoms with E-state index in [4.69, 9.17) is 10.5 Å². The van der Waals surface area contributed by atoms with Gasteiger partial charge >= 0.3 is 0 Å². The second kappa shape index (κ2) is 8.54. The molecule has 0 aromatic heterocycles. The summed E-state index contributed by atoms with van der Waals surface area (Å²) in [6, 6.07) is 0.192. The fourth-order valence-corrected chi connectivity index (χ4v) is 1.94. The van der Waals surface area contributed by atoms with Crippen molar-refractivity contribution in [3.8, 4) is 0 Å². The third kappa shape index (κ3) is 8.22. The van der Waals surface area contributed by atoms with Gasteiger partial charge in [0.05, 0.1) is 12.5 Å². The molecule has 0 saturated heterocycles. The molecule has 0 aliphatic rings. The molecule has 2 atom stereocenters. The molecule has 0 heterocycles. The van der Waals surface area contributed by atoms with Crippen molar-refractivity contribution >= 4 is 5.91 Å². The molecule has 1 amide bonds. The highest BCUT2D eigenvalue weighted by atomic mass is 16.5. The molecular formula is C15H32N2O2. The lowest BCUT2D eigenvalue weighted by atomic mass is 9.82. The van der Waals surface area contributed by atoms with E-state index in [1.165, 1.54) is 0 Å². The first kappa shape index (κ1) is 18.4. The van der Waals surface area contributed by atoms with Gasteiger partial charge in [-0.05, 0) is 24.2 Å². The van der Waals surface area contributed by atoms with Gasteiger partial charge in [0.2, 0.25) is 5.91 Å². The topological polar surface area (TPSA) is 64.3 Å². The van der Waals surface area contributed by atoms with Crippen LogP contribution in [0.4, 0.5) is 0 Å². The number of carbonyl (C=O) groups excluding carboxylic acids is 1. The number of hydrogen-bond acceptors (Lipinski definition) is 3. The highest BCUT2D eigenvalue weighted by Crippen LogP contribution is 2.24. The van der Waals surface area contributed by atoms with Crippen LogP contribution in [0.1, 0.15) is 53.9 Å². The van der Waals surface area contributed by atoms with E-state index in [0.717, 1.165) is 12.8 Å². The van der Waals surface area contributed by atoms with Crippen LogP contribution in [0.25, 0.3) is 0 Å². The first-order valence-electron chi connectivity index (χ1n) is 7.22. The molecule has 3 N–H and O–H groups in total. The Labute approximate surface area is 118 Å². The van der Waals surface area contributed by atoms with E-state index in [1.807, 2.05) is 0 Å². The largest absolute Gasteiger partial charge is 0.380 e. The molecule has 0 spiro atoms. The Bertz CT molecular complexity index is 255. The van der Waals surface area contributed by atoms with Crippen molar-refractivity contribution in [1.29, 1.82) is 0 Å². The number of carbonyl (C=O) groups is 1. The SMILES string of the molecule is COC(CN)CC(=O)NC(CCC(C)C)C(C)(C)C. The Morgan fingerprint density at radius 3 is 2.21 bits per heavy atom. The molecule has 0 aromatic rings. The molecule has 0 radical (unpaired) electrons. The molecule has 0 fully saturated rings. The van der Waals surface area contributed by atoms with E-state index >= 15 is 0 Å². The number of amides is 1. The van der Waals surface area contributed by atoms with Crippen LogP contribution in [0, 0.1) is 11.3 Å². The molecule has 0 aliphatic heterocycles. The average molecular weight is 272 g/mol. The van der Waals surface area contributed by atoms with Gasteiger partial charge in [0.1, 0.15) is 0 Å². The van der Waals surface area contributed by atoms with E-state index in [-0.39, 0.29) is 23.5 Å². The number of hydrogen-bond donors (Lipinski definition) is 2. The van der Waals surface area contributed by atoms with E-state index in [9.17, 15) is 4.79 Å². The summed E-state index contributed by atoms with van der Waals surface area (Å²) >= 11 is 0. The first-order chi connectivity index (χ1) is 8.70. The molecule has 2 unspecified atom stereocenters. The standard InChI is InChI=1S/C15H32N2O2/c1-11(2)7-8-13(15(3,4)5)17-14(18)9-12(10-16)19-6/h11-13H,7-10,16H2,1-6H3,(H,17,18). The smallest absolute Gasteiger partial charge is 0.222 e. The molecule has 4 heteroatoms. The minimum Gasteiger partial charge on any atom is -0.380 e. The summed E-state index contributed by atoms with van der Waals surface area (Å²) in [6.07, 6.45) is 2.27. The monoisotopic (exact) mass is 272 g/mol. The summed E-state index contributed by atoms with van der Waals surface area (Å²) in [4.78, 5) is 12.0. The Kier molecular flexibility index (Phi) is 8.26. The van der Waals surface area contributed by atoms with Crippen LogP contribution in [-0.2, 0) is 9.53 Å². The summed E-state index contributed by atoms with van der Waals surface area (Å²) in [5.41, 5.74) is 5.61. The van der Waals surface area contributed by atoms with Crippen LogP contribution in [0.3, 0.4) is 0 Å². The van der Waals surface area contributed by atoms with Crippen LogP contribution in [-0.4, -0.2) is 31.7 Å². The van der Waals surface area contributed by atoms with Gasteiger partial charge in [-0.2, -0.15) is 0 Å². The van der Waals surface area contributed by atoms with Crippen LogP contribution in [0.15, 0.2) is 0 Å². The zero-order valence-electron chi connectivity index (χ0n) is 13.5. The normalized spacial score (nSPS) is 15.4. The summed E-state index contributed by atoms with van der Waals surface area (Å²) in [7, 11) is 1.59. The molecule has 0 saturated carbocycles. The van der Waals surface area contributed by atoms with Crippen molar-refractivity contribution in [2.45, 2.75) is 66.0 Å². The quantitative estimate of drug-likeness (QED) is 0.712. The third-order valence-electron chi connectivity index (χ3n) is 3.42. The third-order valence-corrected chi connectivity index (χ3v) is 3.42. The molecular weight excluding hydrogens is 240 g/mol. The minimum atomic E-state index is -0.189. The average Bonchev–Trinajstić information content (AvgIpc) is 2.29. The van der Waals surface area contributed by atoms with Crippen molar-refractivity contribution in [3.05, 3.63) is 0 Å². The lowest BCUT2D eigenvalue weighted by Gasteiger charge is -2.32. The van der Waals surface area contributed by atoms with Crippen molar-refractivity contribution in [1.82, 2.24) is 5.32 Å². The van der Waals surface area contributed by atoms with Gasteiger partial charge in [0.15, 0.2) is 0 Å². The van der Waals surface area contributed by atoms with Gasteiger partial charge in [0.25, 0.3) is 0 Å². The van der Waals surface area contributed by atoms with Crippen LogP contribution >= 0.6 is 0 Å². The van der Waals surface area contributed by atoms with Crippen LogP contribution in [0.5, 0.6) is 0 Å². The number of ether oxygens (including phenoxy) is 1. The summed E-state index contributed by atoms with van der Waals surface area (Å²) in [5, 5.41) is 3.14. The predicted molar refractivity (Wildman–Crippen MR) is 79.9 cm³/mol. The van der Waals surface area contributed by atoms with Gasteiger partial charge in [-0.1, -0.05) is 34.6 Å². The zero-order chi connectivity index (χ0) is 15.1. The van der Waals surface area contributed by atoms with Crippen LogP contribution < -0.4 is 11.1 Å². The number of methoxy groups -OCH3 is 1. The second-order valence-electron chi connectivity index (χ2n) is 6.75. The van der Waals surface area contributed by atoms with Gasteiger partial charge < -0.3 is 15.8 Å². The Morgan fingerprint density at radius 1 is 1.26 bits per heavy atom. The Morgan fingerprint density at radius 2 is 1.84 bits per heavy atom. The number of nitrogens with two attached hydrogens (primary N) is 1. The molecule has 4 nitrogen and oxygen atoms in total. The van der Waals surface area contributed by atoms with E-state index < -0.39 is 0 Å². The molecule has 114 valence electrons. The predicted octanol–water partition coefficient (Wildman–Crippen LogP) is 2.32. The number of nitrogens with one attached hydrogen (secondary N) is 1. The first-order valence-corrected chi connectivity index (χ1v) is 7.22. The summed E-state index contributed by atoms with van der Waals surface area (Å²) < 4.78 is 5.15. The fourth-order valence-electron chi connectivity index (χ4n) is 1.94. The van der Waals surface area contributed by atoms with Crippen molar-refractivity contribution in [2.75, 3.05) is 13.7 Å². The van der Waals surface area contributed by atoms with Gasteiger partial charge in [-0.3, -0.25) is 4.79 Å². The van der Waals surface area contributed by atoms with Gasteiger partial charge in [-0.25, -0.2) is 0 Å². The Hall–Kier alpha value is -0.610. The molecule has 19 heavy (non-hydrogen) atoms. The molecule has 0 aromatic carbocycles. The maximum Gasteiger partial charge on any atom is 0.222 e. The lowest BCUT2D eigenvalue weighted by Crippen LogP contribution is -2.45. The molecule has 0 aliphatic carbocycles. The number of rotatable bonds is 8. The molecule has 0 rings (SSSR count). The second-order valence-corrected chi connectivity index (χ2v) is 6.75. The highest BCUT2D eigenvalue weighted by Gasteiger charge is 2.26. The van der Waals surface area contributed by atoms with E-state index in [0.29, 0.717) is 18.9 Å². The highest BCUT2D eigenvalue weighted by molar-refractivity contribution is 5.76. The summed E-state index contributed by atoms with van der Waals surface area (Å²) in [6.45, 7) is 11.3. The maximum atomic E-state index is 12.0. The zero-order valence-corrected chi connectivity index (χ0v) is 13.5. The Balaban J connectivity index is 4.43. The fraction of sp³-hybridized carbons (Fsp3) is 0.933. The van der Waals surface area contributed by atoms with Crippen LogP contribution in [0.2, 0.25) is 0 Å². The lowest BCUT2D eigenvalue weighted by molar-refractivity contribution is -0.125. The maximum absolute atomic E-state index is 12.0. The van der Waals surface area contributed by atoms with Crippen molar-refractivity contribution < 1.29 is 9.53 Å². The van der Waals surface area contributed by atoms with Gasteiger partial charge in [-0.15, -0.1) is 0 Å². The summed E-state index contributed by atoms with van der Waals surface area (Å²) in [5.74, 6) is 0.679. The minimum absolute atomic E-state index is 0.0287. The van der Waals surface area contributed by atoms with Crippen molar-refractivity contribution in [3.63, 3.8) is 0 Å². The molecule has 0 bridgehead atoms.